The summed E-state index contributed by atoms with van der Waals surface area (Å²) in [5.41, 5.74) is 7.33. The summed E-state index contributed by atoms with van der Waals surface area (Å²) in [6.45, 7) is 6.63. The molecule has 1 unspecified atom stereocenters. The third-order valence-corrected chi connectivity index (χ3v) is 3.21. The molecule has 0 saturated heterocycles. The van der Waals surface area contributed by atoms with Crippen molar-refractivity contribution in [3.8, 4) is 0 Å². The Morgan fingerprint density at radius 3 is 2.31 bits per heavy atom. The molecule has 2 rings (SSSR count). The van der Waals surface area contributed by atoms with Gasteiger partial charge in [0.2, 0.25) is 0 Å². The molecule has 0 aromatic heterocycles. The van der Waals surface area contributed by atoms with Gasteiger partial charge in [-0.25, -0.2) is 0 Å². The van der Waals surface area contributed by atoms with Gasteiger partial charge in [0.15, 0.2) is 0 Å². The van der Waals surface area contributed by atoms with Gasteiger partial charge in [0.25, 0.3) is 0 Å². The van der Waals surface area contributed by atoms with Crippen LogP contribution in [0.4, 0.5) is 0 Å². The summed E-state index contributed by atoms with van der Waals surface area (Å²) in [6, 6.07) is 4.45. The number of rotatable bonds is 0. The van der Waals surface area contributed by atoms with Crippen molar-refractivity contribution in [2.45, 2.75) is 25.4 Å². The second kappa shape index (κ2) is 3.05. The van der Waals surface area contributed by atoms with Gasteiger partial charge in [-0.15, -0.1) is 0 Å². The van der Waals surface area contributed by atoms with Crippen LogP contribution >= 0.6 is 0 Å². The van der Waals surface area contributed by atoms with Crippen LogP contribution < -0.4 is 0 Å². The molecule has 0 spiro atoms. The molecule has 0 nitrogen and oxygen atoms in total. The minimum atomic E-state index is 0.620. The van der Waals surface area contributed by atoms with Crippen LogP contribution in [0.2, 0.25) is 0 Å². The van der Waals surface area contributed by atoms with Crippen LogP contribution in [0.15, 0.2) is 17.7 Å². The fourth-order valence-corrected chi connectivity index (χ4v) is 2.20. The first-order valence-corrected chi connectivity index (χ1v) is 4.89. The first-order chi connectivity index (χ1) is 6.11. The quantitative estimate of drug-likeness (QED) is 0.517. The number of aryl methyl sites for hydroxylation is 2. The zero-order chi connectivity index (χ0) is 9.59. The van der Waals surface area contributed by atoms with E-state index in [0.717, 1.165) is 0 Å². The summed E-state index contributed by atoms with van der Waals surface area (Å²) in [7, 11) is 0. The average molecular weight is 164 g/mol. The van der Waals surface area contributed by atoms with Gasteiger partial charge in [0.1, 0.15) is 0 Å². The van der Waals surface area contributed by atoms with E-state index >= 15 is 0 Å². The summed E-state index contributed by atoms with van der Waals surface area (Å²) in [5.74, 6) is 0. The van der Waals surface area contributed by atoms with Gasteiger partial charge in [-0.1, -0.05) is 0 Å². The molecule has 1 aromatic carbocycles. The van der Waals surface area contributed by atoms with E-state index in [2.05, 4.69) is 56.7 Å². The van der Waals surface area contributed by atoms with Crippen LogP contribution in [-0.2, 0) is 0 Å². The second-order valence-electron chi connectivity index (χ2n) is 4.14. The van der Waals surface area contributed by atoms with Crippen molar-refractivity contribution >= 4 is 23.8 Å². The summed E-state index contributed by atoms with van der Waals surface area (Å²) < 4.78 is 0.620. The maximum absolute atomic E-state index is 2.34. The number of fused-ring (bicyclic) bond motifs is 1. The maximum atomic E-state index is 2.34. The van der Waals surface area contributed by atoms with E-state index in [1.807, 2.05) is 0 Å². The van der Waals surface area contributed by atoms with E-state index in [-0.39, 0.29) is 0 Å². The van der Waals surface area contributed by atoms with Gasteiger partial charge in [-0.05, 0) is 0 Å². The Morgan fingerprint density at radius 2 is 1.69 bits per heavy atom. The molecule has 0 amide bonds. The van der Waals surface area contributed by atoms with E-state index in [4.69, 9.17) is 0 Å². The third kappa shape index (κ3) is 1.29. The molecule has 1 aliphatic rings. The molecule has 1 aromatic rings. The summed E-state index contributed by atoms with van der Waals surface area (Å²) >= 11 is 2.30. The number of benzene rings is 1. The topological polar surface area (TPSA) is 0 Å². The summed E-state index contributed by atoms with van der Waals surface area (Å²) in [4.78, 5) is 0. The van der Waals surface area contributed by atoms with Crippen LogP contribution in [0.1, 0.15) is 33.8 Å². The van der Waals surface area contributed by atoms with Crippen molar-refractivity contribution < 1.29 is 0 Å². The molecule has 0 saturated carbocycles. The van der Waals surface area contributed by atoms with Crippen LogP contribution in [0.3, 0.4) is 0 Å². The van der Waals surface area contributed by atoms with Gasteiger partial charge in [-0.2, -0.15) is 0 Å². The van der Waals surface area contributed by atoms with Crippen LogP contribution in [0, 0.1) is 13.8 Å². The molecule has 62 valence electrons. The van der Waals surface area contributed by atoms with Gasteiger partial charge in [-0.3, -0.25) is 0 Å². The van der Waals surface area contributed by atoms with Crippen molar-refractivity contribution in [1.29, 1.82) is 0 Å². The van der Waals surface area contributed by atoms with Crippen molar-refractivity contribution in [3.63, 3.8) is 0 Å². The van der Waals surface area contributed by atoms with Crippen molar-refractivity contribution in [2.75, 3.05) is 0 Å². The van der Waals surface area contributed by atoms with Crippen molar-refractivity contribution in [2.24, 2.45) is 0 Å². The van der Waals surface area contributed by atoms with E-state index in [9.17, 15) is 0 Å². The normalized spacial score (nSPS) is 20.1. The Bertz CT molecular complexity index is 388. The first kappa shape index (κ1) is 9.13. The molecule has 0 aliphatic heterocycles. The van der Waals surface area contributed by atoms with Gasteiger partial charge in [0, 0.05) is 0 Å². The van der Waals surface area contributed by atoms with Gasteiger partial charge >= 0.3 is 89.1 Å². The zero-order valence-corrected chi connectivity index (χ0v) is 8.81. The molecule has 0 N–H and O–H groups in total. The Hall–Kier alpha value is -0.443. The summed E-state index contributed by atoms with van der Waals surface area (Å²) in [5, 5.41) is 0. The molecule has 0 fully saturated rings. The van der Waals surface area contributed by atoms with E-state index in [1.165, 1.54) is 27.8 Å². The Kier molecular flexibility index (Phi) is 2.14. The third-order valence-electron chi connectivity index (χ3n) is 3.21. The Labute approximate surface area is 89.2 Å². The Balaban J connectivity index is 2.70. The fraction of sp³-hybridized carbons (Fsp3) is 0.333. The van der Waals surface area contributed by atoms with Crippen LogP contribution in [0.5, 0.6) is 0 Å². The van der Waals surface area contributed by atoms with Crippen molar-refractivity contribution in [1.82, 2.24) is 0 Å². The number of hydrogen-bond acceptors (Lipinski definition) is 0. The second-order valence-corrected chi connectivity index (χ2v) is 4.14. The average Bonchev–Trinajstić information content (AvgIpc) is 2.38. The zero-order valence-electron chi connectivity index (χ0n) is 8.81. The predicted molar refractivity (Wildman–Crippen MR) is 58.1 cm³/mol. The molecular formula is C12H13Li. The fourth-order valence-electron chi connectivity index (χ4n) is 2.20. The van der Waals surface area contributed by atoms with Crippen LogP contribution in [0.25, 0.3) is 6.08 Å². The van der Waals surface area contributed by atoms with Gasteiger partial charge < -0.3 is 0 Å². The predicted octanol–water partition coefficient (Wildman–Crippen LogP) is 2.93. The molecule has 1 atom stereocenters. The van der Waals surface area contributed by atoms with E-state index in [0.29, 0.717) is 4.59 Å². The van der Waals surface area contributed by atoms with E-state index < -0.39 is 0 Å². The molecular weight excluding hydrogens is 151 g/mol. The molecule has 0 radical (unpaired) electrons. The molecule has 1 aliphatic carbocycles. The van der Waals surface area contributed by atoms with E-state index in [1.54, 1.807) is 0 Å². The SMILES string of the molecule is [Li][CH]1C(C)=Cc2c(C)ccc(C)c21. The molecule has 0 bridgehead atoms. The first-order valence-electron chi connectivity index (χ1n) is 4.89. The number of hydrogen-bond donors (Lipinski definition) is 0. The van der Waals surface area contributed by atoms with Gasteiger partial charge in [0.05, 0.1) is 0 Å². The summed E-state index contributed by atoms with van der Waals surface area (Å²) in [6.07, 6.45) is 2.34. The monoisotopic (exact) mass is 164 g/mol. The minimum absolute atomic E-state index is 0.620. The standard InChI is InChI=1S/C12H13.Li/c1-8-6-11-9(2)4-5-10(3)12(11)7-8;/h4-7H,1-3H3;. The number of allylic oxidation sites excluding steroid dienone is 1. The molecule has 1 heteroatoms. The molecule has 0 heterocycles. The van der Waals surface area contributed by atoms with Crippen LogP contribution in [-0.4, -0.2) is 17.7 Å². The Morgan fingerprint density at radius 1 is 1.08 bits per heavy atom. The van der Waals surface area contributed by atoms with Crippen molar-refractivity contribution in [3.05, 3.63) is 40.0 Å². The molecule has 13 heavy (non-hydrogen) atoms.